The molecule has 1 saturated heterocycles. The largest absolute Gasteiger partial charge is 0.444 e. The van der Waals surface area contributed by atoms with Crippen LogP contribution < -0.4 is 5.32 Å². The zero-order valence-electron chi connectivity index (χ0n) is 20.2. The Morgan fingerprint density at radius 3 is 2.50 bits per heavy atom. The SMILES string of the molecule is Cn1ccc2cc(CNC(=O)[C@@H]3C[C@@H](Cc4ccc(Br)cc4)CN3C(=O)OC(C)(C)C)ccc21. The third kappa shape index (κ3) is 5.81. The van der Waals surface area contributed by atoms with E-state index in [1.165, 1.54) is 5.56 Å². The van der Waals surface area contributed by atoms with Crippen molar-refractivity contribution in [2.75, 3.05) is 6.54 Å². The lowest BCUT2D eigenvalue weighted by Gasteiger charge is -2.28. The summed E-state index contributed by atoms with van der Waals surface area (Å²) in [5.41, 5.74) is 2.75. The molecule has 2 heterocycles. The van der Waals surface area contributed by atoms with Crippen LogP contribution in [0.5, 0.6) is 0 Å². The summed E-state index contributed by atoms with van der Waals surface area (Å²) in [7, 11) is 2.01. The van der Waals surface area contributed by atoms with Gasteiger partial charge in [0, 0.05) is 36.3 Å². The molecule has 0 saturated carbocycles. The average Bonchev–Trinajstić information content (AvgIpc) is 3.36. The number of aromatic nitrogens is 1. The van der Waals surface area contributed by atoms with Crippen LogP contribution in [0.1, 0.15) is 38.3 Å². The fourth-order valence-electron chi connectivity index (χ4n) is 4.54. The van der Waals surface area contributed by atoms with Crippen LogP contribution in [0.3, 0.4) is 0 Å². The second kappa shape index (κ2) is 9.82. The van der Waals surface area contributed by atoms with Crippen LogP contribution in [0.25, 0.3) is 10.9 Å². The van der Waals surface area contributed by atoms with Crippen LogP contribution in [0, 0.1) is 5.92 Å². The Balaban J connectivity index is 1.46. The van der Waals surface area contributed by atoms with Crippen LogP contribution in [-0.4, -0.2) is 39.7 Å². The number of fused-ring (bicyclic) bond motifs is 1. The zero-order valence-corrected chi connectivity index (χ0v) is 21.8. The lowest BCUT2D eigenvalue weighted by atomic mass is 9.96. The molecule has 1 aliphatic rings. The predicted molar refractivity (Wildman–Crippen MR) is 137 cm³/mol. The van der Waals surface area contributed by atoms with Crippen molar-refractivity contribution in [1.82, 2.24) is 14.8 Å². The summed E-state index contributed by atoms with van der Waals surface area (Å²) in [6, 6.07) is 15.9. The molecule has 7 heteroatoms. The first-order chi connectivity index (χ1) is 16.1. The fourth-order valence-corrected chi connectivity index (χ4v) is 4.81. The van der Waals surface area contributed by atoms with Crippen molar-refractivity contribution < 1.29 is 14.3 Å². The molecule has 1 N–H and O–H groups in total. The number of nitrogens with one attached hydrogen (secondary N) is 1. The minimum absolute atomic E-state index is 0.141. The lowest BCUT2D eigenvalue weighted by molar-refractivity contribution is -0.125. The van der Waals surface area contributed by atoms with Gasteiger partial charge in [0.05, 0.1) is 0 Å². The maximum absolute atomic E-state index is 13.2. The van der Waals surface area contributed by atoms with E-state index in [1.807, 2.05) is 52.2 Å². The normalized spacial score (nSPS) is 18.3. The number of aryl methyl sites for hydroxylation is 1. The number of hydrogen-bond acceptors (Lipinski definition) is 3. The molecule has 4 rings (SSSR count). The van der Waals surface area contributed by atoms with Gasteiger partial charge >= 0.3 is 6.09 Å². The Morgan fingerprint density at radius 2 is 1.79 bits per heavy atom. The highest BCUT2D eigenvalue weighted by Gasteiger charge is 2.41. The molecule has 1 aliphatic heterocycles. The van der Waals surface area contributed by atoms with Crippen LogP contribution in [-0.2, 0) is 29.5 Å². The van der Waals surface area contributed by atoms with Crippen LogP contribution in [0.15, 0.2) is 59.2 Å². The lowest BCUT2D eigenvalue weighted by Crippen LogP contribution is -2.47. The summed E-state index contributed by atoms with van der Waals surface area (Å²) in [5.74, 6) is 0.0439. The third-order valence-electron chi connectivity index (χ3n) is 6.17. The number of rotatable bonds is 5. The topological polar surface area (TPSA) is 63.6 Å². The molecule has 2 atom stereocenters. The van der Waals surface area contributed by atoms with E-state index in [0.29, 0.717) is 19.5 Å². The summed E-state index contributed by atoms with van der Waals surface area (Å²) in [5, 5.41) is 4.19. The van der Waals surface area contributed by atoms with Crippen molar-refractivity contribution in [2.24, 2.45) is 13.0 Å². The molecule has 0 spiro atoms. The summed E-state index contributed by atoms with van der Waals surface area (Å²) < 4.78 is 8.73. The van der Waals surface area contributed by atoms with Crippen molar-refractivity contribution in [3.8, 4) is 0 Å². The van der Waals surface area contributed by atoms with Crippen molar-refractivity contribution in [1.29, 1.82) is 0 Å². The molecule has 1 aromatic heterocycles. The third-order valence-corrected chi connectivity index (χ3v) is 6.70. The smallest absolute Gasteiger partial charge is 0.410 e. The number of carbonyl (C=O) groups excluding carboxylic acids is 2. The average molecular weight is 526 g/mol. The summed E-state index contributed by atoms with van der Waals surface area (Å²) in [6.07, 6.45) is 3.01. The predicted octanol–water partition coefficient (Wildman–Crippen LogP) is 5.43. The highest BCUT2D eigenvalue weighted by Crippen LogP contribution is 2.29. The van der Waals surface area contributed by atoms with Crippen LogP contribution >= 0.6 is 15.9 Å². The molecule has 1 fully saturated rings. The van der Waals surface area contributed by atoms with Gasteiger partial charge in [-0.25, -0.2) is 4.79 Å². The number of benzene rings is 2. The molecule has 0 aliphatic carbocycles. The Kier molecular flexibility index (Phi) is 7.03. The first kappa shape index (κ1) is 24.3. The Hall–Kier alpha value is -2.80. The Morgan fingerprint density at radius 1 is 1.09 bits per heavy atom. The molecule has 34 heavy (non-hydrogen) atoms. The second-order valence-electron chi connectivity index (χ2n) is 10.1. The molecule has 0 radical (unpaired) electrons. The van der Waals surface area contributed by atoms with Crippen LogP contribution in [0.2, 0.25) is 0 Å². The van der Waals surface area contributed by atoms with Crippen LogP contribution in [0.4, 0.5) is 4.79 Å². The molecule has 180 valence electrons. The molecule has 2 aromatic carbocycles. The highest BCUT2D eigenvalue weighted by molar-refractivity contribution is 9.10. The second-order valence-corrected chi connectivity index (χ2v) is 11.0. The minimum Gasteiger partial charge on any atom is -0.444 e. The maximum Gasteiger partial charge on any atom is 0.410 e. The number of nitrogens with zero attached hydrogens (tertiary/aromatic N) is 2. The van der Waals surface area contributed by atoms with Gasteiger partial charge in [0.25, 0.3) is 0 Å². The molecule has 0 bridgehead atoms. The van der Waals surface area contributed by atoms with Gasteiger partial charge in [-0.1, -0.05) is 34.1 Å². The quantitative estimate of drug-likeness (QED) is 0.483. The number of ether oxygens (including phenoxy) is 1. The van der Waals surface area contributed by atoms with Gasteiger partial charge in [-0.05, 0) is 86.4 Å². The van der Waals surface area contributed by atoms with Gasteiger partial charge in [-0.15, -0.1) is 0 Å². The molecule has 2 amide bonds. The highest BCUT2D eigenvalue weighted by atomic mass is 79.9. The van der Waals surface area contributed by atoms with Crippen molar-refractivity contribution in [3.63, 3.8) is 0 Å². The van der Waals surface area contributed by atoms with Gasteiger partial charge in [-0.3, -0.25) is 9.69 Å². The minimum atomic E-state index is -0.618. The standard InChI is InChI=1S/C27H32BrN3O3/c1-27(2,3)34-26(33)31-17-20(13-18-5-8-22(28)9-6-18)15-24(31)25(32)29-16-19-7-10-23-21(14-19)11-12-30(23)4/h5-12,14,20,24H,13,15-17H2,1-4H3,(H,29,32)/t20-,24+/m1/s1. The number of halogens is 1. The first-order valence-corrected chi connectivity index (χ1v) is 12.4. The van der Waals surface area contributed by atoms with Gasteiger partial charge in [0.1, 0.15) is 11.6 Å². The van der Waals surface area contributed by atoms with E-state index in [1.54, 1.807) is 4.90 Å². The van der Waals surface area contributed by atoms with E-state index in [0.717, 1.165) is 27.4 Å². The number of amides is 2. The first-order valence-electron chi connectivity index (χ1n) is 11.6. The van der Waals surface area contributed by atoms with E-state index in [9.17, 15) is 9.59 Å². The van der Waals surface area contributed by atoms with E-state index in [2.05, 4.69) is 56.1 Å². The monoisotopic (exact) mass is 525 g/mol. The molecule has 0 unspecified atom stereocenters. The Bertz CT molecular complexity index is 1180. The van der Waals surface area contributed by atoms with E-state index in [-0.39, 0.29) is 11.8 Å². The Labute approximate surface area is 209 Å². The van der Waals surface area contributed by atoms with Crippen molar-refractivity contribution in [3.05, 3.63) is 70.3 Å². The zero-order chi connectivity index (χ0) is 24.5. The number of likely N-dealkylation sites (tertiary alicyclic amines) is 1. The van der Waals surface area contributed by atoms with Gasteiger partial charge in [-0.2, -0.15) is 0 Å². The molecule has 3 aromatic rings. The van der Waals surface area contributed by atoms with Gasteiger partial charge in [0.15, 0.2) is 0 Å². The molecular weight excluding hydrogens is 494 g/mol. The van der Waals surface area contributed by atoms with Crippen molar-refractivity contribution >= 4 is 38.8 Å². The van der Waals surface area contributed by atoms with Gasteiger partial charge < -0.3 is 14.6 Å². The maximum atomic E-state index is 13.2. The summed E-state index contributed by atoms with van der Waals surface area (Å²) in [6.45, 7) is 6.44. The molecular formula is C27H32BrN3O3. The van der Waals surface area contributed by atoms with Crippen molar-refractivity contribution in [2.45, 2.75) is 51.8 Å². The summed E-state index contributed by atoms with van der Waals surface area (Å²) in [4.78, 5) is 27.8. The number of carbonyl (C=O) groups is 2. The van der Waals surface area contributed by atoms with Gasteiger partial charge in [0.2, 0.25) is 5.91 Å². The van der Waals surface area contributed by atoms with E-state index in [4.69, 9.17) is 4.74 Å². The fraction of sp³-hybridized carbons (Fsp3) is 0.407. The van der Waals surface area contributed by atoms with E-state index >= 15 is 0 Å². The summed E-state index contributed by atoms with van der Waals surface area (Å²) >= 11 is 3.47. The van der Waals surface area contributed by atoms with E-state index < -0.39 is 17.7 Å². The molecule has 6 nitrogen and oxygen atoms in total. The number of hydrogen-bond donors (Lipinski definition) is 1.